The average molecular weight is 365 g/mol. The molecule has 0 unspecified atom stereocenters. The molecule has 8 heteroatoms. The summed E-state index contributed by atoms with van der Waals surface area (Å²) in [5.41, 5.74) is 1.09. The molecule has 0 saturated heterocycles. The zero-order valence-electron chi connectivity index (χ0n) is 13.9. The number of benzene rings is 2. The number of carbonyl (C=O) groups excluding carboxylic acids is 2. The summed E-state index contributed by atoms with van der Waals surface area (Å²) in [7, 11) is 1.54. The molecule has 138 valence electrons. The van der Waals surface area contributed by atoms with Crippen molar-refractivity contribution in [3.8, 4) is 11.5 Å². The molecule has 1 amide bonds. The van der Waals surface area contributed by atoms with Gasteiger partial charge >= 0.3 is 12.6 Å². The van der Waals surface area contributed by atoms with Crippen LogP contribution >= 0.6 is 0 Å². The van der Waals surface area contributed by atoms with Crippen LogP contribution in [0.4, 0.5) is 14.5 Å². The fourth-order valence-electron chi connectivity index (χ4n) is 2.02. The van der Waals surface area contributed by atoms with Gasteiger partial charge < -0.3 is 19.5 Å². The first-order valence-corrected chi connectivity index (χ1v) is 7.59. The summed E-state index contributed by atoms with van der Waals surface area (Å²) in [4.78, 5) is 23.5. The Kier molecular flexibility index (Phi) is 6.90. The minimum Gasteiger partial charge on any atom is -0.497 e. The van der Waals surface area contributed by atoms with Gasteiger partial charge in [0.15, 0.2) is 6.61 Å². The van der Waals surface area contributed by atoms with E-state index in [1.807, 2.05) is 0 Å². The molecular formula is C18H17F2NO5. The van der Waals surface area contributed by atoms with Crippen LogP contribution in [0.1, 0.15) is 5.56 Å². The van der Waals surface area contributed by atoms with Gasteiger partial charge in [-0.05, 0) is 42.0 Å². The third-order valence-corrected chi connectivity index (χ3v) is 3.24. The van der Waals surface area contributed by atoms with Crippen LogP contribution in [-0.2, 0) is 20.7 Å². The molecule has 0 saturated carbocycles. The third kappa shape index (κ3) is 6.39. The predicted octanol–water partition coefficient (Wildman–Crippen LogP) is 3.02. The smallest absolute Gasteiger partial charge is 0.387 e. The molecule has 6 nitrogen and oxygen atoms in total. The number of nitrogens with one attached hydrogen (secondary N) is 1. The van der Waals surface area contributed by atoms with Gasteiger partial charge in [0.1, 0.15) is 11.5 Å². The third-order valence-electron chi connectivity index (χ3n) is 3.24. The lowest BCUT2D eigenvalue weighted by molar-refractivity contribution is -0.146. The molecule has 0 bridgehead atoms. The zero-order valence-corrected chi connectivity index (χ0v) is 13.9. The van der Waals surface area contributed by atoms with Crippen molar-refractivity contribution < 1.29 is 32.6 Å². The number of carbonyl (C=O) groups is 2. The Morgan fingerprint density at radius 2 is 1.62 bits per heavy atom. The number of halogens is 2. The highest BCUT2D eigenvalue weighted by Crippen LogP contribution is 2.17. The molecule has 0 aliphatic rings. The lowest BCUT2D eigenvalue weighted by Crippen LogP contribution is -2.21. The Hall–Kier alpha value is -3.16. The lowest BCUT2D eigenvalue weighted by Gasteiger charge is -2.08. The van der Waals surface area contributed by atoms with Gasteiger partial charge in [0, 0.05) is 5.69 Å². The highest BCUT2D eigenvalue weighted by Gasteiger charge is 2.10. The number of alkyl halides is 2. The van der Waals surface area contributed by atoms with Crippen LogP contribution in [-0.4, -0.2) is 32.2 Å². The molecule has 2 rings (SSSR count). The van der Waals surface area contributed by atoms with Crippen LogP contribution in [0.15, 0.2) is 48.5 Å². The average Bonchev–Trinajstić information content (AvgIpc) is 2.62. The fourth-order valence-corrected chi connectivity index (χ4v) is 2.02. The Balaban J connectivity index is 1.75. The summed E-state index contributed by atoms with van der Waals surface area (Å²) in [6, 6.07) is 12.3. The second kappa shape index (κ2) is 9.36. The Labute approximate surface area is 148 Å². The number of anilines is 1. The molecule has 0 fully saturated rings. The van der Waals surface area contributed by atoms with Gasteiger partial charge in [-0.15, -0.1) is 0 Å². The van der Waals surface area contributed by atoms with E-state index >= 15 is 0 Å². The van der Waals surface area contributed by atoms with Crippen molar-refractivity contribution in [1.29, 1.82) is 0 Å². The summed E-state index contributed by atoms with van der Waals surface area (Å²) >= 11 is 0. The number of methoxy groups -OCH3 is 1. The molecule has 2 aromatic rings. The molecule has 0 aromatic heterocycles. The second-order valence-corrected chi connectivity index (χ2v) is 5.14. The minimum absolute atomic E-state index is 0.0241. The predicted molar refractivity (Wildman–Crippen MR) is 89.4 cm³/mol. The molecular weight excluding hydrogens is 348 g/mol. The molecule has 0 radical (unpaired) electrons. The number of hydrogen-bond donors (Lipinski definition) is 1. The van der Waals surface area contributed by atoms with Crippen molar-refractivity contribution in [2.24, 2.45) is 0 Å². The van der Waals surface area contributed by atoms with Crippen molar-refractivity contribution in [3.63, 3.8) is 0 Å². The maximum absolute atomic E-state index is 12.1. The molecule has 0 aliphatic carbocycles. The van der Waals surface area contributed by atoms with Gasteiger partial charge in [0.25, 0.3) is 5.91 Å². The Morgan fingerprint density at radius 3 is 2.19 bits per heavy atom. The van der Waals surface area contributed by atoms with Gasteiger partial charge in [-0.1, -0.05) is 12.1 Å². The summed E-state index contributed by atoms with van der Waals surface area (Å²) in [5.74, 6) is -0.447. The fraction of sp³-hybridized carbons (Fsp3) is 0.222. The molecule has 0 heterocycles. The molecule has 26 heavy (non-hydrogen) atoms. The van der Waals surface area contributed by atoms with Crippen LogP contribution in [0.2, 0.25) is 0 Å². The van der Waals surface area contributed by atoms with E-state index in [-0.39, 0.29) is 12.2 Å². The van der Waals surface area contributed by atoms with Gasteiger partial charge in [-0.25, -0.2) is 0 Å². The van der Waals surface area contributed by atoms with E-state index in [9.17, 15) is 18.4 Å². The first kappa shape index (κ1) is 19.2. The van der Waals surface area contributed by atoms with Gasteiger partial charge in [0.05, 0.1) is 13.5 Å². The maximum atomic E-state index is 12.1. The quantitative estimate of drug-likeness (QED) is 0.728. The molecule has 0 atom stereocenters. The van der Waals surface area contributed by atoms with Crippen molar-refractivity contribution in [2.45, 2.75) is 13.0 Å². The van der Waals surface area contributed by atoms with E-state index in [4.69, 9.17) is 9.47 Å². The van der Waals surface area contributed by atoms with E-state index in [0.717, 1.165) is 5.56 Å². The number of hydrogen-bond acceptors (Lipinski definition) is 5. The van der Waals surface area contributed by atoms with E-state index in [2.05, 4.69) is 10.1 Å². The van der Waals surface area contributed by atoms with E-state index in [1.54, 1.807) is 31.4 Å². The first-order chi connectivity index (χ1) is 12.5. The van der Waals surface area contributed by atoms with Crippen molar-refractivity contribution in [1.82, 2.24) is 0 Å². The van der Waals surface area contributed by atoms with Crippen LogP contribution < -0.4 is 14.8 Å². The Morgan fingerprint density at radius 1 is 1.00 bits per heavy atom. The van der Waals surface area contributed by atoms with E-state index < -0.39 is 25.1 Å². The number of esters is 1. The largest absolute Gasteiger partial charge is 0.497 e. The SMILES string of the molecule is COc1ccc(CC(=O)OCC(=O)Nc2ccc(OC(F)F)cc2)cc1. The van der Waals surface area contributed by atoms with Gasteiger partial charge in [-0.3, -0.25) is 9.59 Å². The maximum Gasteiger partial charge on any atom is 0.387 e. The van der Waals surface area contributed by atoms with Crippen LogP contribution in [0.3, 0.4) is 0 Å². The van der Waals surface area contributed by atoms with Crippen molar-refractivity contribution in [3.05, 3.63) is 54.1 Å². The van der Waals surface area contributed by atoms with E-state index in [1.165, 1.54) is 24.3 Å². The van der Waals surface area contributed by atoms with Crippen LogP contribution in [0.5, 0.6) is 11.5 Å². The molecule has 0 spiro atoms. The second-order valence-electron chi connectivity index (χ2n) is 5.14. The van der Waals surface area contributed by atoms with Crippen LogP contribution in [0, 0.1) is 0 Å². The molecule has 2 aromatic carbocycles. The lowest BCUT2D eigenvalue weighted by atomic mass is 10.1. The minimum atomic E-state index is -2.92. The molecule has 0 aliphatic heterocycles. The molecule has 1 N–H and O–H groups in total. The zero-order chi connectivity index (χ0) is 18.9. The standard InChI is InChI=1S/C18H17F2NO5/c1-24-14-6-2-12(3-7-14)10-17(23)25-11-16(22)21-13-4-8-15(9-5-13)26-18(19)20/h2-9,18H,10-11H2,1H3,(H,21,22). The van der Waals surface area contributed by atoms with Crippen molar-refractivity contribution in [2.75, 3.05) is 19.0 Å². The van der Waals surface area contributed by atoms with Gasteiger partial charge in [-0.2, -0.15) is 8.78 Å². The topological polar surface area (TPSA) is 73.9 Å². The van der Waals surface area contributed by atoms with Gasteiger partial charge in [0.2, 0.25) is 0 Å². The number of rotatable bonds is 8. The number of amides is 1. The summed E-state index contributed by atoms with van der Waals surface area (Å²) in [5, 5.41) is 2.48. The normalized spacial score (nSPS) is 10.3. The number of ether oxygens (including phenoxy) is 3. The van der Waals surface area contributed by atoms with E-state index in [0.29, 0.717) is 11.4 Å². The highest BCUT2D eigenvalue weighted by atomic mass is 19.3. The Bertz CT molecular complexity index is 732. The van der Waals surface area contributed by atoms with Crippen LogP contribution in [0.25, 0.3) is 0 Å². The van der Waals surface area contributed by atoms with Crippen molar-refractivity contribution >= 4 is 17.6 Å². The highest BCUT2D eigenvalue weighted by molar-refractivity contribution is 5.92. The summed E-state index contributed by atoms with van der Waals surface area (Å²) in [6.45, 7) is -3.37. The first-order valence-electron chi connectivity index (χ1n) is 7.59. The summed E-state index contributed by atoms with van der Waals surface area (Å²) < 4.78 is 38.2. The summed E-state index contributed by atoms with van der Waals surface area (Å²) in [6.07, 6.45) is 0.0247. The monoisotopic (exact) mass is 365 g/mol.